The van der Waals surface area contributed by atoms with Crippen molar-refractivity contribution < 1.29 is 0 Å². The van der Waals surface area contributed by atoms with Gasteiger partial charge in [-0.25, -0.2) is 0 Å². The number of rotatable bonds is 6. The van der Waals surface area contributed by atoms with E-state index in [0.717, 1.165) is 17.8 Å². The topological polar surface area (TPSA) is 66.5 Å². The summed E-state index contributed by atoms with van der Waals surface area (Å²) in [5.74, 6) is 0. The summed E-state index contributed by atoms with van der Waals surface area (Å²) in [6.45, 7) is 2.70. The molecule has 1 heterocycles. The van der Waals surface area contributed by atoms with Crippen LogP contribution in [-0.2, 0) is 6.54 Å². The lowest BCUT2D eigenvalue weighted by molar-refractivity contribution is 0.499. The minimum atomic E-state index is 0.215. The molecule has 0 saturated heterocycles. The fourth-order valence-corrected chi connectivity index (χ4v) is 1.78. The van der Waals surface area contributed by atoms with Crippen molar-refractivity contribution in [2.75, 3.05) is 0 Å². The Morgan fingerprint density at radius 2 is 2.16 bits per heavy atom. The number of hydrogen-bond acceptors (Lipinski definition) is 4. The fraction of sp³-hybridized carbons (Fsp3) is 0.357. The summed E-state index contributed by atoms with van der Waals surface area (Å²) in [5.41, 5.74) is 1.82. The second-order valence-electron chi connectivity index (χ2n) is 4.31. The standard InChI is InChI=1S/C14H17N5/c1-2-12(8-9-15)16-10-13-11-17-19(18-13)14-6-4-3-5-7-14/h3-7,11-12,16H,2,8,10H2,1H3. The van der Waals surface area contributed by atoms with Gasteiger partial charge in [-0.1, -0.05) is 25.1 Å². The van der Waals surface area contributed by atoms with E-state index >= 15 is 0 Å². The number of nitrogens with zero attached hydrogens (tertiary/aromatic N) is 4. The second-order valence-corrected chi connectivity index (χ2v) is 4.31. The van der Waals surface area contributed by atoms with Crippen LogP contribution in [0.5, 0.6) is 0 Å². The lowest BCUT2D eigenvalue weighted by Crippen LogP contribution is -2.27. The van der Waals surface area contributed by atoms with Gasteiger partial charge in [-0.2, -0.15) is 20.3 Å². The molecule has 0 aliphatic carbocycles. The minimum Gasteiger partial charge on any atom is -0.307 e. The Balaban J connectivity index is 1.97. The quantitative estimate of drug-likeness (QED) is 0.857. The molecule has 0 aliphatic rings. The lowest BCUT2D eigenvalue weighted by Gasteiger charge is -2.11. The van der Waals surface area contributed by atoms with Crippen molar-refractivity contribution in [1.82, 2.24) is 20.3 Å². The molecule has 5 heteroatoms. The molecule has 1 unspecified atom stereocenters. The maximum absolute atomic E-state index is 8.70. The minimum absolute atomic E-state index is 0.215. The van der Waals surface area contributed by atoms with E-state index in [1.54, 1.807) is 11.0 Å². The van der Waals surface area contributed by atoms with Gasteiger partial charge in [0.15, 0.2) is 0 Å². The average Bonchev–Trinajstić information content (AvgIpc) is 2.93. The molecule has 0 spiro atoms. The van der Waals surface area contributed by atoms with E-state index in [9.17, 15) is 0 Å². The van der Waals surface area contributed by atoms with Crippen LogP contribution in [0, 0.1) is 11.3 Å². The van der Waals surface area contributed by atoms with Gasteiger partial charge in [-0.05, 0) is 18.6 Å². The Morgan fingerprint density at radius 1 is 1.37 bits per heavy atom. The first kappa shape index (κ1) is 13.2. The Labute approximate surface area is 112 Å². The summed E-state index contributed by atoms with van der Waals surface area (Å²) in [5, 5.41) is 20.7. The zero-order chi connectivity index (χ0) is 13.5. The van der Waals surface area contributed by atoms with E-state index in [4.69, 9.17) is 5.26 Å². The van der Waals surface area contributed by atoms with Crippen molar-refractivity contribution in [2.24, 2.45) is 0 Å². The van der Waals surface area contributed by atoms with Gasteiger partial charge in [0, 0.05) is 12.6 Å². The number of para-hydroxylation sites is 1. The van der Waals surface area contributed by atoms with Gasteiger partial charge in [0.05, 0.1) is 30.1 Å². The van der Waals surface area contributed by atoms with E-state index < -0.39 is 0 Å². The predicted molar refractivity (Wildman–Crippen MR) is 72.5 cm³/mol. The second kappa shape index (κ2) is 6.66. The Bertz CT molecular complexity index is 540. The number of hydrogen-bond donors (Lipinski definition) is 1. The molecular formula is C14H17N5. The molecule has 0 radical (unpaired) electrons. The van der Waals surface area contributed by atoms with Crippen LogP contribution in [0.1, 0.15) is 25.5 Å². The number of benzene rings is 1. The van der Waals surface area contributed by atoms with Crippen LogP contribution < -0.4 is 5.32 Å². The van der Waals surface area contributed by atoms with Crippen molar-refractivity contribution in [3.05, 3.63) is 42.2 Å². The molecular weight excluding hydrogens is 238 g/mol. The highest BCUT2D eigenvalue weighted by atomic mass is 15.5. The molecule has 0 aliphatic heterocycles. The summed E-state index contributed by atoms with van der Waals surface area (Å²) in [6.07, 6.45) is 3.20. The molecule has 5 nitrogen and oxygen atoms in total. The molecule has 98 valence electrons. The van der Waals surface area contributed by atoms with Gasteiger partial charge in [-0.3, -0.25) is 0 Å². The van der Waals surface area contributed by atoms with Crippen LogP contribution >= 0.6 is 0 Å². The maximum atomic E-state index is 8.70. The molecule has 0 fully saturated rings. The lowest BCUT2D eigenvalue weighted by atomic mass is 10.1. The van der Waals surface area contributed by atoms with Crippen LogP contribution in [-0.4, -0.2) is 21.0 Å². The highest BCUT2D eigenvalue weighted by Gasteiger charge is 2.07. The van der Waals surface area contributed by atoms with Crippen LogP contribution in [0.4, 0.5) is 0 Å². The molecule has 1 N–H and O–H groups in total. The maximum Gasteiger partial charge on any atom is 0.0969 e. The molecule has 1 aromatic carbocycles. The van der Waals surface area contributed by atoms with Gasteiger partial charge < -0.3 is 5.32 Å². The van der Waals surface area contributed by atoms with Crippen molar-refractivity contribution in [2.45, 2.75) is 32.4 Å². The fourth-order valence-electron chi connectivity index (χ4n) is 1.78. The van der Waals surface area contributed by atoms with Crippen LogP contribution in [0.15, 0.2) is 36.5 Å². The third-order valence-corrected chi connectivity index (χ3v) is 2.93. The van der Waals surface area contributed by atoms with Crippen molar-refractivity contribution >= 4 is 0 Å². The third-order valence-electron chi connectivity index (χ3n) is 2.93. The molecule has 1 aromatic heterocycles. The molecule has 19 heavy (non-hydrogen) atoms. The van der Waals surface area contributed by atoms with Crippen LogP contribution in [0.2, 0.25) is 0 Å². The zero-order valence-corrected chi connectivity index (χ0v) is 11.0. The van der Waals surface area contributed by atoms with Crippen molar-refractivity contribution in [3.8, 4) is 11.8 Å². The summed E-state index contributed by atoms with van der Waals surface area (Å²) in [4.78, 5) is 1.61. The predicted octanol–water partition coefficient (Wildman–Crippen LogP) is 2.05. The third kappa shape index (κ3) is 3.63. The van der Waals surface area contributed by atoms with E-state index in [-0.39, 0.29) is 6.04 Å². The summed E-state index contributed by atoms with van der Waals surface area (Å²) < 4.78 is 0. The van der Waals surface area contributed by atoms with E-state index in [2.05, 4.69) is 28.5 Å². The Morgan fingerprint density at radius 3 is 2.84 bits per heavy atom. The number of aromatic nitrogens is 3. The van der Waals surface area contributed by atoms with Gasteiger partial charge >= 0.3 is 0 Å². The SMILES string of the molecule is CCC(CC#N)NCc1cnn(-c2ccccc2)n1. The molecule has 2 aromatic rings. The molecule has 0 amide bonds. The van der Waals surface area contributed by atoms with Gasteiger partial charge in [0.25, 0.3) is 0 Å². The zero-order valence-electron chi connectivity index (χ0n) is 11.0. The number of nitrogens with one attached hydrogen (secondary N) is 1. The highest BCUT2D eigenvalue weighted by Crippen LogP contribution is 2.05. The van der Waals surface area contributed by atoms with E-state index in [1.165, 1.54) is 0 Å². The Kier molecular flexibility index (Phi) is 4.65. The normalized spacial score (nSPS) is 12.0. The summed E-state index contributed by atoms with van der Waals surface area (Å²) >= 11 is 0. The molecule has 0 bridgehead atoms. The van der Waals surface area contributed by atoms with Crippen molar-refractivity contribution in [1.29, 1.82) is 5.26 Å². The van der Waals surface area contributed by atoms with E-state index in [0.29, 0.717) is 13.0 Å². The largest absolute Gasteiger partial charge is 0.307 e. The first-order chi connectivity index (χ1) is 9.33. The van der Waals surface area contributed by atoms with Gasteiger partial charge in [-0.15, -0.1) is 0 Å². The Hall–Kier alpha value is -2.19. The average molecular weight is 255 g/mol. The highest BCUT2D eigenvalue weighted by molar-refractivity contribution is 5.28. The van der Waals surface area contributed by atoms with Crippen LogP contribution in [0.3, 0.4) is 0 Å². The summed E-state index contributed by atoms with van der Waals surface area (Å²) in [7, 11) is 0. The summed E-state index contributed by atoms with van der Waals surface area (Å²) in [6, 6.07) is 12.2. The molecule has 1 atom stereocenters. The number of nitriles is 1. The first-order valence-electron chi connectivity index (χ1n) is 6.40. The van der Waals surface area contributed by atoms with Gasteiger partial charge in [0.1, 0.15) is 0 Å². The van der Waals surface area contributed by atoms with E-state index in [1.807, 2.05) is 30.3 Å². The molecule has 2 rings (SSSR count). The van der Waals surface area contributed by atoms with Crippen LogP contribution in [0.25, 0.3) is 5.69 Å². The first-order valence-corrected chi connectivity index (χ1v) is 6.40. The van der Waals surface area contributed by atoms with Crippen molar-refractivity contribution in [3.63, 3.8) is 0 Å². The smallest absolute Gasteiger partial charge is 0.0969 e. The molecule has 0 saturated carbocycles. The van der Waals surface area contributed by atoms with Gasteiger partial charge in [0.2, 0.25) is 0 Å². The monoisotopic (exact) mass is 255 g/mol.